The average molecular weight is 235 g/mol. The number of fused-ring (bicyclic) bond motifs is 1. The van der Waals surface area contributed by atoms with Crippen molar-refractivity contribution in [2.75, 3.05) is 6.61 Å². The number of nitrogens with zero attached hydrogens (tertiary/aromatic N) is 1. The molecular formula is C13H17NO3. The van der Waals surface area contributed by atoms with E-state index in [9.17, 15) is 9.90 Å². The molecule has 1 heterocycles. The van der Waals surface area contributed by atoms with E-state index >= 15 is 0 Å². The standard InChI is InChI=1S/C13H17NO3/c1-2-17-13(16)10-6-5-9-4-3-7-14-12(9)11(15)8-10/h3-4,7,10-11,15H,2,5-6,8H2,1H3. The molecule has 0 saturated heterocycles. The quantitative estimate of drug-likeness (QED) is 0.625. The van der Waals surface area contributed by atoms with Crippen LogP contribution in [-0.4, -0.2) is 22.7 Å². The third kappa shape index (κ3) is 2.64. The van der Waals surface area contributed by atoms with Gasteiger partial charge in [-0.05, 0) is 37.8 Å². The topological polar surface area (TPSA) is 59.4 Å². The third-order valence-corrected chi connectivity index (χ3v) is 3.13. The van der Waals surface area contributed by atoms with E-state index in [1.54, 1.807) is 13.1 Å². The molecule has 0 spiro atoms. The van der Waals surface area contributed by atoms with Crippen molar-refractivity contribution in [2.45, 2.75) is 32.3 Å². The van der Waals surface area contributed by atoms with Crippen LogP contribution in [0.15, 0.2) is 18.3 Å². The van der Waals surface area contributed by atoms with E-state index in [4.69, 9.17) is 4.74 Å². The molecular weight excluding hydrogens is 218 g/mol. The fourth-order valence-electron chi connectivity index (χ4n) is 2.27. The van der Waals surface area contributed by atoms with Gasteiger partial charge in [-0.1, -0.05) is 6.07 Å². The van der Waals surface area contributed by atoms with E-state index in [2.05, 4.69) is 4.98 Å². The highest BCUT2D eigenvalue weighted by Gasteiger charge is 2.29. The predicted molar refractivity (Wildman–Crippen MR) is 62.3 cm³/mol. The first-order valence-corrected chi connectivity index (χ1v) is 6.01. The second-order valence-corrected chi connectivity index (χ2v) is 4.29. The van der Waals surface area contributed by atoms with Crippen LogP contribution in [0.2, 0.25) is 0 Å². The summed E-state index contributed by atoms with van der Waals surface area (Å²) in [6.07, 6.45) is 2.90. The molecule has 1 aromatic heterocycles. The Hall–Kier alpha value is -1.42. The van der Waals surface area contributed by atoms with Crippen LogP contribution in [0.3, 0.4) is 0 Å². The molecule has 1 N–H and O–H groups in total. The van der Waals surface area contributed by atoms with Gasteiger partial charge in [-0.2, -0.15) is 0 Å². The summed E-state index contributed by atoms with van der Waals surface area (Å²) in [4.78, 5) is 15.9. The first-order chi connectivity index (χ1) is 8.22. The van der Waals surface area contributed by atoms with E-state index in [0.717, 1.165) is 12.0 Å². The molecule has 0 fully saturated rings. The van der Waals surface area contributed by atoms with Crippen molar-refractivity contribution in [1.82, 2.24) is 4.98 Å². The van der Waals surface area contributed by atoms with Crippen LogP contribution in [0, 0.1) is 5.92 Å². The maximum Gasteiger partial charge on any atom is 0.309 e. The second kappa shape index (κ2) is 5.27. The van der Waals surface area contributed by atoms with Crippen molar-refractivity contribution in [3.63, 3.8) is 0 Å². The van der Waals surface area contributed by atoms with E-state index in [1.165, 1.54) is 0 Å². The number of esters is 1. The van der Waals surface area contributed by atoms with Crippen LogP contribution in [0.1, 0.15) is 37.1 Å². The van der Waals surface area contributed by atoms with Crippen molar-refractivity contribution in [2.24, 2.45) is 5.92 Å². The van der Waals surface area contributed by atoms with Crippen LogP contribution in [0.5, 0.6) is 0 Å². The summed E-state index contributed by atoms with van der Waals surface area (Å²) in [6.45, 7) is 2.18. The summed E-state index contributed by atoms with van der Waals surface area (Å²) in [5.74, 6) is -0.432. The fourth-order valence-corrected chi connectivity index (χ4v) is 2.27. The van der Waals surface area contributed by atoms with Gasteiger partial charge in [0.25, 0.3) is 0 Å². The molecule has 4 nitrogen and oxygen atoms in total. The molecule has 2 rings (SSSR count). The van der Waals surface area contributed by atoms with Crippen LogP contribution < -0.4 is 0 Å². The number of carbonyl (C=O) groups is 1. The molecule has 92 valence electrons. The zero-order valence-electron chi connectivity index (χ0n) is 9.93. The number of hydrogen-bond acceptors (Lipinski definition) is 4. The average Bonchev–Trinajstić information content (AvgIpc) is 2.50. The Morgan fingerprint density at radius 2 is 2.47 bits per heavy atom. The van der Waals surface area contributed by atoms with Gasteiger partial charge in [0.05, 0.1) is 24.3 Å². The molecule has 4 heteroatoms. The van der Waals surface area contributed by atoms with Crippen molar-refractivity contribution >= 4 is 5.97 Å². The number of aliphatic hydroxyl groups is 1. The minimum absolute atomic E-state index is 0.209. The van der Waals surface area contributed by atoms with Crippen LogP contribution >= 0.6 is 0 Å². The number of hydrogen-bond donors (Lipinski definition) is 1. The Labute approximate surface area is 101 Å². The lowest BCUT2D eigenvalue weighted by Crippen LogP contribution is -2.19. The molecule has 0 bridgehead atoms. The zero-order valence-corrected chi connectivity index (χ0v) is 9.93. The first-order valence-electron chi connectivity index (χ1n) is 6.01. The van der Waals surface area contributed by atoms with Crippen molar-refractivity contribution < 1.29 is 14.6 Å². The maximum atomic E-state index is 11.7. The fraction of sp³-hybridized carbons (Fsp3) is 0.538. The van der Waals surface area contributed by atoms with Gasteiger partial charge in [-0.15, -0.1) is 0 Å². The summed E-state index contributed by atoms with van der Waals surface area (Å²) in [7, 11) is 0. The summed E-state index contributed by atoms with van der Waals surface area (Å²) in [5, 5.41) is 10.1. The van der Waals surface area contributed by atoms with Crippen LogP contribution in [-0.2, 0) is 16.0 Å². The number of ether oxygens (including phenoxy) is 1. The second-order valence-electron chi connectivity index (χ2n) is 4.29. The van der Waals surface area contributed by atoms with Gasteiger partial charge in [0.1, 0.15) is 0 Å². The Kier molecular flexibility index (Phi) is 3.74. The Morgan fingerprint density at radius 1 is 1.65 bits per heavy atom. The number of pyridine rings is 1. The van der Waals surface area contributed by atoms with Crippen molar-refractivity contribution in [3.8, 4) is 0 Å². The van der Waals surface area contributed by atoms with Gasteiger partial charge in [0, 0.05) is 6.20 Å². The minimum atomic E-state index is -0.664. The van der Waals surface area contributed by atoms with Gasteiger partial charge >= 0.3 is 5.97 Å². The molecule has 0 amide bonds. The third-order valence-electron chi connectivity index (χ3n) is 3.13. The molecule has 1 aliphatic carbocycles. The Balaban J connectivity index is 2.14. The van der Waals surface area contributed by atoms with Gasteiger partial charge in [-0.3, -0.25) is 9.78 Å². The SMILES string of the molecule is CCOC(=O)C1CCc2cccnc2C(O)C1. The minimum Gasteiger partial charge on any atom is -0.466 e. The molecule has 0 saturated carbocycles. The summed E-state index contributed by atoms with van der Waals surface area (Å²) < 4.78 is 5.01. The first kappa shape index (κ1) is 12.0. The number of aliphatic hydroxyl groups excluding tert-OH is 1. The molecule has 0 aliphatic heterocycles. The van der Waals surface area contributed by atoms with Crippen molar-refractivity contribution in [1.29, 1.82) is 0 Å². The van der Waals surface area contributed by atoms with Gasteiger partial charge in [0.15, 0.2) is 0 Å². The highest BCUT2D eigenvalue weighted by atomic mass is 16.5. The lowest BCUT2D eigenvalue weighted by Gasteiger charge is -2.14. The Bertz CT molecular complexity index is 405. The molecule has 1 aromatic rings. The maximum absolute atomic E-state index is 11.7. The molecule has 1 aliphatic rings. The highest BCUT2D eigenvalue weighted by molar-refractivity contribution is 5.72. The van der Waals surface area contributed by atoms with E-state index in [-0.39, 0.29) is 11.9 Å². The van der Waals surface area contributed by atoms with E-state index in [0.29, 0.717) is 25.1 Å². The smallest absolute Gasteiger partial charge is 0.309 e. The Morgan fingerprint density at radius 3 is 3.24 bits per heavy atom. The zero-order chi connectivity index (χ0) is 12.3. The van der Waals surface area contributed by atoms with E-state index < -0.39 is 6.10 Å². The van der Waals surface area contributed by atoms with E-state index in [1.807, 2.05) is 12.1 Å². The highest BCUT2D eigenvalue weighted by Crippen LogP contribution is 2.30. The van der Waals surface area contributed by atoms with Crippen molar-refractivity contribution in [3.05, 3.63) is 29.6 Å². The molecule has 0 radical (unpaired) electrons. The molecule has 17 heavy (non-hydrogen) atoms. The van der Waals surface area contributed by atoms with Crippen LogP contribution in [0.4, 0.5) is 0 Å². The number of rotatable bonds is 2. The molecule has 2 unspecified atom stereocenters. The lowest BCUT2D eigenvalue weighted by atomic mass is 9.99. The number of aryl methyl sites for hydroxylation is 1. The predicted octanol–water partition coefficient (Wildman–Crippen LogP) is 1.63. The van der Waals surface area contributed by atoms with Gasteiger partial charge < -0.3 is 9.84 Å². The summed E-state index contributed by atoms with van der Waals surface area (Å²) in [5.41, 5.74) is 1.74. The largest absolute Gasteiger partial charge is 0.466 e. The van der Waals surface area contributed by atoms with Gasteiger partial charge in [0.2, 0.25) is 0 Å². The van der Waals surface area contributed by atoms with Crippen LogP contribution in [0.25, 0.3) is 0 Å². The number of carbonyl (C=O) groups excluding carboxylic acids is 1. The summed E-state index contributed by atoms with van der Waals surface area (Å²) in [6, 6.07) is 3.81. The normalized spacial score (nSPS) is 23.6. The van der Waals surface area contributed by atoms with Gasteiger partial charge in [-0.25, -0.2) is 0 Å². The lowest BCUT2D eigenvalue weighted by molar-refractivity contribution is -0.149. The molecule has 0 aromatic carbocycles. The monoisotopic (exact) mass is 235 g/mol. The number of aromatic nitrogens is 1. The summed E-state index contributed by atoms with van der Waals surface area (Å²) >= 11 is 0. The molecule has 2 atom stereocenters.